The van der Waals surface area contributed by atoms with Crippen molar-refractivity contribution in [1.82, 2.24) is 9.97 Å². The molecule has 0 spiro atoms. The van der Waals surface area contributed by atoms with Crippen LogP contribution < -0.4 is 5.73 Å². The van der Waals surface area contributed by atoms with Gasteiger partial charge in [0.2, 0.25) is 0 Å². The first-order valence-electron chi connectivity index (χ1n) is 5.72. The molecule has 15 heavy (non-hydrogen) atoms. The molecule has 1 fully saturated rings. The summed E-state index contributed by atoms with van der Waals surface area (Å²) in [5, 5.41) is 0. The Hall–Kier alpha value is -0.960. The lowest BCUT2D eigenvalue weighted by Gasteiger charge is -2.31. The summed E-state index contributed by atoms with van der Waals surface area (Å²) in [6, 6.07) is 2.38. The molecular formula is C12H19N3. The molecule has 0 unspecified atom stereocenters. The largest absolute Gasteiger partial charge is 0.328 e. The van der Waals surface area contributed by atoms with E-state index in [9.17, 15) is 0 Å². The molecule has 1 aliphatic carbocycles. The lowest BCUT2D eigenvalue weighted by atomic mass is 9.80. The Morgan fingerprint density at radius 3 is 2.80 bits per heavy atom. The molecule has 1 heterocycles. The van der Waals surface area contributed by atoms with Gasteiger partial charge in [-0.1, -0.05) is 13.8 Å². The third-order valence-electron chi connectivity index (χ3n) is 2.89. The van der Waals surface area contributed by atoms with E-state index in [2.05, 4.69) is 23.8 Å². The molecule has 3 heteroatoms. The van der Waals surface area contributed by atoms with Gasteiger partial charge < -0.3 is 5.73 Å². The topological polar surface area (TPSA) is 51.8 Å². The molecule has 1 aromatic heterocycles. The van der Waals surface area contributed by atoms with E-state index in [1.165, 1.54) is 0 Å². The molecule has 1 saturated carbocycles. The highest BCUT2D eigenvalue weighted by molar-refractivity contribution is 5.10. The van der Waals surface area contributed by atoms with Gasteiger partial charge >= 0.3 is 0 Å². The number of rotatable bonds is 3. The van der Waals surface area contributed by atoms with Crippen molar-refractivity contribution in [3.63, 3.8) is 0 Å². The summed E-state index contributed by atoms with van der Waals surface area (Å²) in [6.07, 6.45) is 5.01. The monoisotopic (exact) mass is 205 g/mol. The normalized spacial score (nSPS) is 25.3. The van der Waals surface area contributed by atoms with E-state index in [1.807, 2.05) is 12.3 Å². The zero-order chi connectivity index (χ0) is 10.8. The van der Waals surface area contributed by atoms with E-state index in [0.717, 1.165) is 30.8 Å². The average molecular weight is 205 g/mol. The van der Waals surface area contributed by atoms with Gasteiger partial charge in [-0.3, -0.25) is 0 Å². The smallest absolute Gasteiger partial charge is 0.131 e. The Bertz CT molecular complexity index is 329. The number of nitrogens with zero attached hydrogens (tertiary/aromatic N) is 2. The lowest BCUT2D eigenvalue weighted by molar-refractivity contribution is 0.337. The van der Waals surface area contributed by atoms with Gasteiger partial charge in [-0.05, 0) is 31.2 Å². The fraction of sp³-hybridized carbons (Fsp3) is 0.667. The van der Waals surface area contributed by atoms with Crippen molar-refractivity contribution in [2.75, 3.05) is 0 Å². The first kappa shape index (κ1) is 10.6. The Balaban J connectivity index is 2.06. The van der Waals surface area contributed by atoms with Crippen LogP contribution in [0.5, 0.6) is 0 Å². The van der Waals surface area contributed by atoms with Gasteiger partial charge in [0.05, 0.1) is 0 Å². The first-order valence-corrected chi connectivity index (χ1v) is 5.72. The predicted octanol–water partition coefficient (Wildman–Crippen LogP) is 1.88. The molecular weight excluding hydrogens is 186 g/mol. The van der Waals surface area contributed by atoms with Crippen molar-refractivity contribution in [3.8, 4) is 0 Å². The van der Waals surface area contributed by atoms with Crippen LogP contribution in [0.25, 0.3) is 0 Å². The van der Waals surface area contributed by atoms with Crippen molar-refractivity contribution < 1.29 is 0 Å². The summed E-state index contributed by atoms with van der Waals surface area (Å²) in [5.41, 5.74) is 6.93. The van der Waals surface area contributed by atoms with Crippen LogP contribution in [0, 0.1) is 5.92 Å². The van der Waals surface area contributed by atoms with Gasteiger partial charge in [0.25, 0.3) is 0 Å². The van der Waals surface area contributed by atoms with Crippen LogP contribution in [0.2, 0.25) is 0 Å². The van der Waals surface area contributed by atoms with Crippen molar-refractivity contribution in [2.45, 2.75) is 45.1 Å². The number of hydrogen-bond donors (Lipinski definition) is 1. The summed E-state index contributed by atoms with van der Waals surface area (Å²) >= 11 is 0. The SMILES string of the molecule is CC(C)Cc1ccnc(C2CC(N)C2)n1. The highest BCUT2D eigenvalue weighted by Crippen LogP contribution is 2.33. The maximum atomic E-state index is 5.77. The average Bonchev–Trinajstić information content (AvgIpc) is 2.12. The van der Waals surface area contributed by atoms with Crippen LogP contribution >= 0.6 is 0 Å². The zero-order valence-electron chi connectivity index (χ0n) is 9.48. The van der Waals surface area contributed by atoms with E-state index < -0.39 is 0 Å². The fourth-order valence-corrected chi connectivity index (χ4v) is 2.01. The highest BCUT2D eigenvalue weighted by atomic mass is 14.9. The van der Waals surface area contributed by atoms with Gasteiger partial charge in [-0.2, -0.15) is 0 Å². The molecule has 0 saturated heterocycles. The fourth-order valence-electron chi connectivity index (χ4n) is 2.01. The van der Waals surface area contributed by atoms with Crippen molar-refractivity contribution >= 4 is 0 Å². The van der Waals surface area contributed by atoms with Gasteiger partial charge in [0, 0.05) is 23.9 Å². The van der Waals surface area contributed by atoms with Crippen molar-refractivity contribution in [3.05, 3.63) is 23.8 Å². The Morgan fingerprint density at radius 1 is 1.47 bits per heavy atom. The summed E-state index contributed by atoms with van der Waals surface area (Å²) < 4.78 is 0. The first-order chi connectivity index (χ1) is 7.15. The molecule has 0 bridgehead atoms. The van der Waals surface area contributed by atoms with Crippen LogP contribution in [-0.2, 0) is 6.42 Å². The summed E-state index contributed by atoms with van der Waals surface area (Å²) in [5.74, 6) is 2.15. The quantitative estimate of drug-likeness (QED) is 0.819. The molecule has 82 valence electrons. The van der Waals surface area contributed by atoms with Crippen LogP contribution in [0.15, 0.2) is 12.3 Å². The summed E-state index contributed by atoms with van der Waals surface area (Å²) in [4.78, 5) is 8.94. The molecule has 1 aromatic rings. The second-order valence-corrected chi connectivity index (χ2v) is 4.93. The number of aromatic nitrogens is 2. The molecule has 0 amide bonds. The third kappa shape index (κ3) is 2.53. The minimum Gasteiger partial charge on any atom is -0.328 e. The van der Waals surface area contributed by atoms with E-state index in [0.29, 0.717) is 17.9 Å². The molecule has 0 aromatic carbocycles. The molecule has 0 aliphatic heterocycles. The van der Waals surface area contributed by atoms with E-state index >= 15 is 0 Å². The third-order valence-corrected chi connectivity index (χ3v) is 2.89. The molecule has 2 N–H and O–H groups in total. The second kappa shape index (κ2) is 4.27. The highest BCUT2D eigenvalue weighted by Gasteiger charge is 2.29. The van der Waals surface area contributed by atoms with Gasteiger partial charge in [-0.15, -0.1) is 0 Å². The second-order valence-electron chi connectivity index (χ2n) is 4.93. The molecule has 3 nitrogen and oxygen atoms in total. The van der Waals surface area contributed by atoms with Crippen LogP contribution in [0.4, 0.5) is 0 Å². The Morgan fingerprint density at radius 2 is 2.20 bits per heavy atom. The molecule has 0 radical (unpaired) electrons. The van der Waals surface area contributed by atoms with Crippen molar-refractivity contribution in [1.29, 1.82) is 0 Å². The van der Waals surface area contributed by atoms with Gasteiger partial charge in [-0.25, -0.2) is 9.97 Å². The van der Waals surface area contributed by atoms with E-state index in [-0.39, 0.29) is 0 Å². The van der Waals surface area contributed by atoms with E-state index in [1.54, 1.807) is 0 Å². The maximum Gasteiger partial charge on any atom is 0.131 e. The molecule has 0 atom stereocenters. The summed E-state index contributed by atoms with van der Waals surface area (Å²) in [7, 11) is 0. The van der Waals surface area contributed by atoms with Gasteiger partial charge in [0.1, 0.15) is 5.82 Å². The number of nitrogens with two attached hydrogens (primary N) is 1. The van der Waals surface area contributed by atoms with Gasteiger partial charge in [0.15, 0.2) is 0 Å². The van der Waals surface area contributed by atoms with Crippen LogP contribution in [-0.4, -0.2) is 16.0 Å². The zero-order valence-corrected chi connectivity index (χ0v) is 9.48. The summed E-state index contributed by atoms with van der Waals surface area (Å²) in [6.45, 7) is 4.42. The lowest BCUT2D eigenvalue weighted by Crippen LogP contribution is -2.35. The van der Waals surface area contributed by atoms with Crippen LogP contribution in [0.3, 0.4) is 0 Å². The Kier molecular flexibility index (Phi) is 3.00. The standard InChI is InChI=1S/C12H19N3/c1-8(2)5-11-3-4-14-12(15-11)9-6-10(13)7-9/h3-4,8-10H,5-7,13H2,1-2H3. The maximum absolute atomic E-state index is 5.77. The minimum atomic E-state index is 0.368. The predicted molar refractivity (Wildman–Crippen MR) is 60.5 cm³/mol. The van der Waals surface area contributed by atoms with Crippen molar-refractivity contribution in [2.24, 2.45) is 11.7 Å². The van der Waals surface area contributed by atoms with E-state index in [4.69, 9.17) is 5.73 Å². The molecule has 2 rings (SSSR count). The minimum absolute atomic E-state index is 0.368. The Labute approximate surface area is 91.1 Å². The van der Waals surface area contributed by atoms with Crippen LogP contribution in [0.1, 0.15) is 44.1 Å². The number of hydrogen-bond acceptors (Lipinski definition) is 3. The molecule has 1 aliphatic rings.